The van der Waals surface area contributed by atoms with Crippen molar-refractivity contribution >= 4 is 6.98 Å². The van der Waals surface area contributed by atoms with Gasteiger partial charge in [0.25, 0.3) is 0 Å². The third-order valence-electron chi connectivity index (χ3n) is 1.50. The van der Waals surface area contributed by atoms with E-state index in [1.165, 1.54) is 0 Å². The summed E-state index contributed by atoms with van der Waals surface area (Å²) >= 11 is 0. The van der Waals surface area contributed by atoms with E-state index in [-0.39, 0.29) is 64.4 Å². The van der Waals surface area contributed by atoms with Crippen molar-refractivity contribution in [1.82, 2.24) is 0 Å². The second kappa shape index (κ2) is 8.15. The van der Waals surface area contributed by atoms with E-state index in [1.54, 1.807) is 0 Å². The molecule has 1 nitrogen and oxygen atoms in total. The van der Waals surface area contributed by atoms with Gasteiger partial charge >= 0.3 is 64.5 Å². The zero-order chi connectivity index (χ0) is 12.1. The number of hydrogen-bond donors (Lipinski definition) is 0. The molecule has 0 bridgehead atoms. The van der Waals surface area contributed by atoms with Crippen molar-refractivity contribution in [3.63, 3.8) is 0 Å². The molecule has 0 fully saturated rings. The van der Waals surface area contributed by atoms with Crippen LogP contribution in [0, 0.1) is 0 Å². The van der Waals surface area contributed by atoms with Crippen LogP contribution in [-0.2, 0) is 4.74 Å². The van der Waals surface area contributed by atoms with Gasteiger partial charge in [0.1, 0.15) is 0 Å². The van der Waals surface area contributed by atoms with Gasteiger partial charge in [-0.05, 0) is 6.42 Å². The molecule has 0 amide bonds. The predicted octanol–water partition coefficient (Wildman–Crippen LogP) is 0.292. The molecule has 0 aromatic heterocycles. The third-order valence-corrected chi connectivity index (χ3v) is 1.50. The number of rotatable bonds is 6. The van der Waals surface area contributed by atoms with Crippen LogP contribution in [0.4, 0.5) is 26.1 Å². The molecule has 0 rings (SSSR count). The number of alkyl halides is 3. The van der Waals surface area contributed by atoms with Crippen molar-refractivity contribution in [1.29, 1.82) is 0 Å². The maximum atomic E-state index is 11.9. The molecule has 0 aromatic carbocycles. The smallest absolute Gasteiger partial charge is 0.445 e. The zero-order valence-electron chi connectivity index (χ0n) is 8.79. The Kier molecular flexibility index (Phi) is 9.84. The van der Waals surface area contributed by atoms with E-state index in [2.05, 4.69) is 11.3 Å². The minimum absolute atomic E-state index is 0. The summed E-state index contributed by atoms with van der Waals surface area (Å²) in [6.07, 6.45) is -5.70. The van der Waals surface area contributed by atoms with Crippen LogP contribution in [0.2, 0.25) is 0 Å². The molecule has 0 aliphatic rings. The normalized spacial score (nSPS) is 12.1. The van der Waals surface area contributed by atoms with Gasteiger partial charge in [-0.3, -0.25) is 0 Å². The average molecular weight is 274 g/mol. The van der Waals surface area contributed by atoms with Crippen LogP contribution in [0.15, 0.2) is 12.1 Å². The van der Waals surface area contributed by atoms with E-state index in [0.29, 0.717) is 0 Å². The van der Waals surface area contributed by atoms with Crippen molar-refractivity contribution in [2.24, 2.45) is 0 Å². The van der Waals surface area contributed by atoms with E-state index in [1.807, 2.05) is 0 Å². The number of halogens is 6. The van der Waals surface area contributed by atoms with Crippen molar-refractivity contribution in [2.45, 2.75) is 19.0 Å². The molecule has 0 atom stereocenters. The van der Waals surface area contributed by atoms with Crippen LogP contribution in [0.25, 0.3) is 0 Å². The summed E-state index contributed by atoms with van der Waals surface area (Å²) in [7, 11) is 0. The topological polar surface area (TPSA) is 9.23 Å². The van der Waals surface area contributed by atoms with Gasteiger partial charge in [0, 0.05) is 19.6 Å². The average Bonchev–Trinajstić information content (AvgIpc) is 1.99. The summed E-state index contributed by atoms with van der Waals surface area (Å²) in [5, 5.41) is 0. The molecular formula is C7H10BF6KO. The summed E-state index contributed by atoms with van der Waals surface area (Å²) in [4.78, 5) is 0. The Balaban J connectivity index is 0. The van der Waals surface area contributed by atoms with Gasteiger partial charge < -0.3 is 17.7 Å². The molecule has 0 aromatic rings. The Hall–Kier alpha value is 0.981. The maximum absolute atomic E-state index is 11.9. The molecule has 0 heterocycles. The van der Waals surface area contributed by atoms with Gasteiger partial charge in [0.2, 0.25) is 0 Å². The van der Waals surface area contributed by atoms with E-state index in [9.17, 15) is 26.1 Å². The van der Waals surface area contributed by atoms with Crippen LogP contribution in [0.1, 0.15) is 12.8 Å². The quantitative estimate of drug-likeness (QED) is 0.384. The molecule has 0 saturated carbocycles. The Morgan fingerprint density at radius 2 is 1.69 bits per heavy atom. The van der Waals surface area contributed by atoms with E-state index in [4.69, 9.17) is 0 Å². The molecule has 0 spiro atoms. The molecule has 16 heavy (non-hydrogen) atoms. The molecule has 0 N–H and O–H groups in total. The van der Waals surface area contributed by atoms with Crippen molar-refractivity contribution in [3.05, 3.63) is 12.1 Å². The monoisotopic (exact) mass is 274 g/mol. The van der Waals surface area contributed by atoms with Crippen molar-refractivity contribution in [2.75, 3.05) is 13.2 Å². The van der Waals surface area contributed by atoms with Crippen molar-refractivity contribution < 1.29 is 82.2 Å². The van der Waals surface area contributed by atoms with Gasteiger partial charge in [-0.1, -0.05) is 0 Å². The third kappa shape index (κ3) is 11.5. The summed E-state index contributed by atoms with van der Waals surface area (Å²) in [5.41, 5.74) is -1.04. The molecule has 0 unspecified atom stereocenters. The first-order valence-corrected chi connectivity index (χ1v) is 4.15. The number of ether oxygens (including phenoxy) is 1. The van der Waals surface area contributed by atoms with E-state index < -0.39 is 31.7 Å². The van der Waals surface area contributed by atoms with Crippen LogP contribution in [0.5, 0.6) is 0 Å². The second-order valence-electron chi connectivity index (χ2n) is 3.00. The van der Waals surface area contributed by atoms with Gasteiger partial charge in [0.15, 0.2) is 0 Å². The Morgan fingerprint density at radius 1 is 1.19 bits per heavy atom. The first-order valence-electron chi connectivity index (χ1n) is 4.15. The van der Waals surface area contributed by atoms with Gasteiger partial charge in [-0.2, -0.15) is 13.2 Å². The van der Waals surface area contributed by atoms with Crippen molar-refractivity contribution in [3.8, 4) is 0 Å². The molecular weight excluding hydrogens is 264 g/mol. The molecule has 9 heteroatoms. The minimum atomic E-state index is -5.16. The molecule has 0 aliphatic heterocycles. The summed E-state index contributed by atoms with van der Waals surface area (Å²) in [6, 6.07) is 0. The molecule has 0 aliphatic carbocycles. The predicted molar refractivity (Wildman–Crippen MR) is 44.3 cm³/mol. The Labute approximate surface area is 132 Å². The second-order valence-corrected chi connectivity index (χ2v) is 3.00. The summed E-state index contributed by atoms with van der Waals surface area (Å²) in [5.74, 6) is 0. The van der Waals surface area contributed by atoms with Gasteiger partial charge in [0.05, 0.1) is 0 Å². The molecule has 90 valence electrons. The molecule has 0 saturated heterocycles. The SMILES string of the molecule is C=C(COCCCC(F)(F)F)[B-](F)(F)F.[K+]. The maximum Gasteiger partial charge on any atom is 1.00 e. The van der Waals surface area contributed by atoms with Crippen LogP contribution in [0.3, 0.4) is 0 Å². The summed E-state index contributed by atoms with van der Waals surface area (Å²) in [6.45, 7) is -3.55. The Bertz CT molecular complexity index is 214. The Morgan fingerprint density at radius 3 is 2.06 bits per heavy atom. The minimum Gasteiger partial charge on any atom is -0.445 e. The largest absolute Gasteiger partial charge is 1.00 e. The van der Waals surface area contributed by atoms with Gasteiger partial charge in [-0.25, -0.2) is 0 Å². The number of hydrogen-bond acceptors (Lipinski definition) is 1. The van der Waals surface area contributed by atoms with Crippen LogP contribution >= 0.6 is 0 Å². The fraction of sp³-hybridized carbons (Fsp3) is 0.714. The zero-order valence-corrected chi connectivity index (χ0v) is 11.9. The first kappa shape index (κ1) is 19.3. The fourth-order valence-electron chi connectivity index (χ4n) is 0.672. The van der Waals surface area contributed by atoms with E-state index >= 15 is 0 Å². The molecule has 0 radical (unpaired) electrons. The first-order chi connectivity index (χ1) is 6.63. The van der Waals surface area contributed by atoms with Gasteiger partial charge in [-0.15, -0.1) is 12.1 Å². The summed E-state index contributed by atoms with van der Waals surface area (Å²) < 4.78 is 74.7. The fourth-order valence-corrected chi connectivity index (χ4v) is 0.672. The van der Waals surface area contributed by atoms with Crippen LogP contribution in [-0.4, -0.2) is 26.4 Å². The van der Waals surface area contributed by atoms with E-state index in [0.717, 1.165) is 0 Å². The van der Waals surface area contributed by atoms with Crippen LogP contribution < -0.4 is 51.4 Å². The standard InChI is InChI=1S/C7H10BF6O.K/c1-6(8(12,13)14)5-15-4-2-3-7(9,10)11;/h1-5H2;/q-1;+1.